The summed E-state index contributed by atoms with van der Waals surface area (Å²) in [5, 5.41) is 7.39. The van der Waals surface area contributed by atoms with Crippen LogP contribution in [-0.2, 0) is 0 Å². The fourth-order valence-corrected chi connectivity index (χ4v) is 2.09. The minimum Gasteiger partial charge on any atom is -0.386 e. The first-order valence-corrected chi connectivity index (χ1v) is 4.92. The largest absolute Gasteiger partial charge is 0.386 e. The van der Waals surface area contributed by atoms with Gasteiger partial charge in [-0.15, -0.1) is 0 Å². The molecule has 0 bridgehead atoms. The summed E-state index contributed by atoms with van der Waals surface area (Å²) in [4.78, 5) is 2.23. The lowest BCUT2D eigenvalue weighted by Gasteiger charge is -2.51. The van der Waals surface area contributed by atoms with E-state index in [0.717, 1.165) is 0 Å². The van der Waals surface area contributed by atoms with Crippen LogP contribution in [0.15, 0.2) is 0 Å². The molecule has 76 valence electrons. The molecule has 0 aromatic rings. The number of nitrogens with one attached hydrogen (secondary N) is 1. The van der Waals surface area contributed by atoms with E-state index < -0.39 is 0 Å². The predicted octanol–water partition coefficient (Wildman–Crippen LogP) is 1.43. The summed E-state index contributed by atoms with van der Waals surface area (Å²) in [7, 11) is 2.07. The summed E-state index contributed by atoms with van der Waals surface area (Å²) in [6.45, 7) is 6.56. The van der Waals surface area contributed by atoms with E-state index in [1.807, 2.05) is 6.92 Å². The van der Waals surface area contributed by atoms with E-state index in [1.54, 1.807) is 0 Å². The molecule has 2 unspecified atom stereocenters. The van der Waals surface area contributed by atoms with Gasteiger partial charge in [0, 0.05) is 6.04 Å². The van der Waals surface area contributed by atoms with Crippen LogP contribution in [0.1, 0.15) is 33.6 Å². The monoisotopic (exact) mass is 183 g/mol. The number of likely N-dealkylation sites (N-methyl/N-ethyl adjacent to an activating group) is 1. The number of nitrogens with two attached hydrogens (primary N) is 1. The summed E-state index contributed by atoms with van der Waals surface area (Å²) >= 11 is 0. The van der Waals surface area contributed by atoms with Crippen LogP contribution >= 0.6 is 0 Å². The zero-order chi connectivity index (χ0) is 10.2. The molecule has 0 aromatic carbocycles. The molecule has 1 saturated carbocycles. The van der Waals surface area contributed by atoms with Gasteiger partial charge in [0.05, 0.1) is 6.04 Å². The van der Waals surface area contributed by atoms with Crippen molar-refractivity contribution in [3.05, 3.63) is 0 Å². The third-order valence-corrected chi connectivity index (χ3v) is 3.52. The first kappa shape index (κ1) is 10.5. The highest BCUT2D eigenvalue weighted by molar-refractivity contribution is 5.82. The van der Waals surface area contributed by atoms with Gasteiger partial charge >= 0.3 is 0 Å². The standard InChI is InChI=1S/C10H21N3/c1-7(9(11)12)13(4)8-5-6-10(8,2)3/h7-8H,5-6H2,1-4H3,(H3,11,12). The minimum atomic E-state index is 0.0737. The Morgan fingerprint density at radius 1 is 1.62 bits per heavy atom. The summed E-state index contributed by atoms with van der Waals surface area (Å²) in [5.41, 5.74) is 5.88. The molecule has 0 heterocycles. The van der Waals surface area contributed by atoms with Gasteiger partial charge in [0.15, 0.2) is 0 Å². The average molecular weight is 183 g/mol. The van der Waals surface area contributed by atoms with E-state index in [0.29, 0.717) is 11.5 Å². The molecule has 1 aliphatic carbocycles. The molecule has 2 atom stereocenters. The zero-order valence-corrected chi connectivity index (χ0v) is 9.09. The SMILES string of the molecule is CC(C(=N)N)N(C)C1CCC1(C)C. The highest BCUT2D eigenvalue weighted by Crippen LogP contribution is 2.43. The lowest BCUT2D eigenvalue weighted by molar-refractivity contribution is 0.00829. The van der Waals surface area contributed by atoms with E-state index in [1.165, 1.54) is 12.8 Å². The summed E-state index contributed by atoms with van der Waals surface area (Å²) in [6, 6.07) is 0.663. The topological polar surface area (TPSA) is 53.1 Å². The van der Waals surface area contributed by atoms with E-state index in [9.17, 15) is 0 Å². The second-order valence-electron chi connectivity index (χ2n) is 4.84. The maximum atomic E-state index is 7.39. The maximum Gasteiger partial charge on any atom is 0.108 e. The molecule has 3 heteroatoms. The Kier molecular flexibility index (Phi) is 2.66. The first-order valence-electron chi connectivity index (χ1n) is 4.92. The molecule has 0 spiro atoms. The molecular weight excluding hydrogens is 162 g/mol. The Morgan fingerprint density at radius 2 is 2.15 bits per heavy atom. The number of hydrogen-bond donors (Lipinski definition) is 2. The molecule has 0 radical (unpaired) electrons. The molecule has 3 nitrogen and oxygen atoms in total. The van der Waals surface area contributed by atoms with Crippen molar-refractivity contribution in [2.45, 2.75) is 45.7 Å². The first-order chi connectivity index (χ1) is 5.86. The highest BCUT2D eigenvalue weighted by Gasteiger charge is 2.42. The van der Waals surface area contributed by atoms with Crippen LogP contribution in [0.4, 0.5) is 0 Å². The smallest absolute Gasteiger partial charge is 0.108 e. The summed E-state index contributed by atoms with van der Waals surface area (Å²) in [6.07, 6.45) is 2.52. The van der Waals surface area contributed by atoms with Gasteiger partial charge in [0.1, 0.15) is 5.84 Å². The van der Waals surface area contributed by atoms with Gasteiger partial charge in [-0.05, 0) is 32.2 Å². The van der Waals surface area contributed by atoms with Crippen molar-refractivity contribution in [2.75, 3.05) is 7.05 Å². The second-order valence-corrected chi connectivity index (χ2v) is 4.84. The van der Waals surface area contributed by atoms with Gasteiger partial charge < -0.3 is 5.73 Å². The molecule has 1 rings (SSSR count). The third kappa shape index (κ3) is 1.85. The normalized spacial score (nSPS) is 28.2. The van der Waals surface area contributed by atoms with Crippen molar-refractivity contribution in [1.29, 1.82) is 5.41 Å². The van der Waals surface area contributed by atoms with E-state index >= 15 is 0 Å². The van der Waals surface area contributed by atoms with Crippen molar-refractivity contribution < 1.29 is 0 Å². The Morgan fingerprint density at radius 3 is 2.38 bits per heavy atom. The fraction of sp³-hybridized carbons (Fsp3) is 0.900. The molecule has 0 saturated heterocycles. The van der Waals surface area contributed by atoms with E-state index in [4.69, 9.17) is 11.1 Å². The van der Waals surface area contributed by atoms with Crippen molar-refractivity contribution >= 4 is 5.84 Å². The third-order valence-electron chi connectivity index (χ3n) is 3.52. The molecule has 0 amide bonds. The van der Waals surface area contributed by atoms with Gasteiger partial charge in [-0.25, -0.2) is 0 Å². The van der Waals surface area contributed by atoms with Gasteiger partial charge in [-0.2, -0.15) is 0 Å². The van der Waals surface area contributed by atoms with Crippen LogP contribution in [0.5, 0.6) is 0 Å². The lowest BCUT2D eigenvalue weighted by atomic mass is 9.66. The van der Waals surface area contributed by atoms with Crippen molar-refractivity contribution in [3.63, 3.8) is 0 Å². The van der Waals surface area contributed by atoms with Crippen molar-refractivity contribution in [3.8, 4) is 0 Å². The molecular formula is C10H21N3. The average Bonchev–Trinajstić information content (AvgIpc) is 2.01. The van der Waals surface area contributed by atoms with Crippen LogP contribution < -0.4 is 5.73 Å². The van der Waals surface area contributed by atoms with Crippen LogP contribution in [0, 0.1) is 10.8 Å². The number of rotatable bonds is 3. The Balaban J connectivity index is 2.58. The molecule has 13 heavy (non-hydrogen) atoms. The molecule has 0 aromatic heterocycles. The van der Waals surface area contributed by atoms with Crippen LogP contribution in [0.25, 0.3) is 0 Å². The molecule has 3 N–H and O–H groups in total. The van der Waals surface area contributed by atoms with Gasteiger partial charge in [0.2, 0.25) is 0 Å². The van der Waals surface area contributed by atoms with Gasteiger partial charge in [-0.1, -0.05) is 13.8 Å². The van der Waals surface area contributed by atoms with Crippen molar-refractivity contribution in [1.82, 2.24) is 4.90 Å². The van der Waals surface area contributed by atoms with Gasteiger partial charge in [-0.3, -0.25) is 10.3 Å². The van der Waals surface area contributed by atoms with E-state index in [2.05, 4.69) is 25.8 Å². The number of hydrogen-bond acceptors (Lipinski definition) is 2. The van der Waals surface area contributed by atoms with Gasteiger partial charge in [0.25, 0.3) is 0 Å². The number of amidine groups is 1. The molecule has 0 aliphatic heterocycles. The van der Waals surface area contributed by atoms with E-state index in [-0.39, 0.29) is 11.9 Å². The molecule has 1 aliphatic rings. The summed E-state index contributed by atoms with van der Waals surface area (Å²) < 4.78 is 0. The zero-order valence-electron chi connectivity index (χ0n) is 9.09. The Bertz CT molecular complexity index is 210. The van der Waals surface area contributed by atoms with Crippen LogP contribution in [-0.4, -0.2) is 29.9 Å². The highest BCUT2D eigenvalue weighted by atomic mass is 15.2. The number of nitrogens with zero attached hydrogens (tertiary/aromatic N) is 1. The Labute approximate surface area is 80.8 Å². The van der Waals surface area contributed by atoms with Crippen LogP contribution in [0.2, 0.25) is 0 Å². The lowest BCUT2D eigenvalue weighted by Crippen LogP contribution is -2.56. The second kappa shape index (κ2) is 3.29. The fourth-order valence-electron chi connectivity index (χ4n) is 2.09. The maximum absolute atomic E-state index is 7.39. The molecule has 1 fully saturated rings. The minimum absolute atomic E-state index is 0.0737. The predicted molar refractivity (Wildman–Crippen MR) is 55.9 cm³/mol. The quantitative estimate of drug-likeness (QED) is 0.514. The summed E-state index contributed by atoms with van der Waals surface area (Å²) in [5.74, 6) is 0.269. The van der Waals surface area contributed by atoms with Crippen molar-refractivity contribution in [2.24, 2.45) is 11.1 Å². The Hall–Kier alpha value is -0.570. The van der Waals surface area contributed by atoms with Crippen LogP contribution in [0.3, 0.4) is 0 Å².